The van der Waals surface area contributed by atoms with Crippen LogP contribution in [0.5, 0.6) is 0 Å². The monoisotopic (exact) mass is 422 g/mol. The molecule has 2 heterocycles. The van der Waals surface area contributed by atoms with E-state index < -0.39 is 0 Å². The van der Waals surface area contributed by atoms with E-state index in [4.69, 9.17) is 16.1 Å². The van der Waals surface area contributed by atoms with Gasteiger partial charge in [-0.1, -0.05) is 28.9 Å². The highest BCUT2D eigenvalue weighted by Crippen LogP contribution is 2.21. The van der Waals surface area contributed by atoms with Crippen molar-refractivity contribution in [2.45, 2.75) is 26.3 Å². The topological polar surface area (TPSA) is 98.7 Å². The van der Waals surface area contributed by atoms with Gasteiger partial charge in [-0.2, -0.15) is 4.98 Å². The molecular weight excluding hydrogens is 404 g/mol. The lowest BCUT2D eigenvalue weighted by molar-refractivity contribution is -0.116. The fraction of sp³-hybridized carbons (Fsp3) is 0.190. The van der Waals surface area contributed by atoms with E-state index in [2.05, 4.69) is 25.7 Å². The number of nitrogens with one attached hydrogen (secondary N) is 1. The molecule has 0 spiro atoms. The normalized spacial score (nSPS) is 10.9. The van der Waals surface area contributed by atoms with Crippen molar-refractivity contribution in [3.63, 3.8) is 0 Å². The molecule has 152 valence electrons. The van der Waals surface area contributed by atoms with E-state index in [1.807, 2.05) is 47.9 Å². The Morgan fingerprint density at radius 3 is 2.80 bits per heavy atom. The van der Waals surface area contributed by atoms with Gasteiger partial charge in [0.2, 0.25) is 17.6 Å². The Hall–Kier alpha value is -3.52. The molecule has 0 aliphatic rings. The minimum absolute atomic E-state index is 0.143. The third kappa shape index (κ3) is 4.55. The molecule has 4 rings (SSSR count). The Labute approximate surface area is 177 Å². The molecule has 2 aromatic heterocycles. The zero-order valence-corrected chi connectivity index (χ0v) is 17.0. The van der Waals surface area contributed by atoms with E-state index in [1.54, 1.807) is 18.5 Å². The standard InChI is InChI=1S/C21H19ClN6O2/c1-2-28-13-23-26-21(28)15-4-3-5-17(12-15)24-18(29)10-11-19-25-20(27-30-19)14-6-8-16(22)9-7-14/h3-9,12-13H,2,10-11H2,1H3,(H,24,29). The van der Waals surface area contributed by atoms with E-state index in [0.717, 1.165) is 23.5 Å². The first-order valence-corrected chi connectivity index (χ1v) is 9.87. The van der Waals surface area contributed by atoms with Gasteiger partial charge >= 0.3 is 0 Å². The Kier molecular flexibility index (Phi) is 5.85. The lowest BCUT2D eigenvalue weighted by Crippen LogP contribution is -2.12. The molecule has 1 amide bonds. The molecule has 9 heteroatoms. The Morgan fingerprint density at radius 2 is 2.00 bits per heavy atom. The van der Waals surface area contributed by atoms with Crippen LogP contribution in [-0.4, -0.2) is 30.8 Å². The van der Waals surface area contributed by atoms with Crippen LogP contribution >= 0.6 is 11.6 Å². The van der Waals surface area contributed by atoms with Gasteiger partial charge < -0.3 is 14.4 Å². The van der Waals surface area contributed by atoms with E-state index in [1.165, 1.54) is 0 Å². The van der Waals surface area contributed by atoms with Crippen LogP contribution < -0.4 is 5.32 Å². The number of aryl methyl sites for hydroxylation is 2. The molecule has 0 atom stereocenters. The van der Waals surface area contributed by atoms with Crippen molar-refractivity contribution in [1.82, 2.24) is 24.9 Å². The van der Waals surface area contributed by atoms with Crippen LogP contribution in [0.3, 0.4) is 0 Å². The molecule has 0 aliphatic carbocycles. The van der Waals surface area contributed by atoms with Gasteiger partial charge in [0.05, 0.1) is 0 Å². The smallest absolute Gasteiger partial charge is 0.227 e. The van der Waals surface area contributed by atoms with Crippen LogP contribution in [0.1, 0.15) is 19.2 Å². The fourth-order valence-corrected chi connectivity index (χ4v) is 3.09. The average molecular weight is 423 g/mol. The summed E-state index contributed by atoms with van der Waals surface area (Å²) in [7, 11) is 0. The zero-order chi connectivity index (χ0) is 20.9. The minimum atomic E-state index is -0.143. The van der Waals surface area contributed by atoms with Crippen molar-refractivity contribution in [3.05, 3.63) is 65.8 Å². The van der Waals surface area contributed by atoms with Gasteiger partial charge in [0.15, 0.2) is 5.82 Å². The summed E-state index contributed by atoms with van der Waals surface area (Å²) in [5.41, 5.74) is 2.38. The van der Waals surface area contributed by atoms with E-state index in [0.29, 0.717) is 28.8 Å². The molecular formula is C21H19ClN6O2. The van der Waals surface area contributed by atoms with Gasteiger partial charge in [-0.05, 0) is 43.3 Å². The first-order valence-electron chi connectivity index (χ1n) is 9.49. The summed E-state index contributed by atoms with van der Waals surface area (Å²) in [5, 5.41) is 15.6. The number of hydrogen-bond acceptors (Lipinski definition) is 6. The summed E-state index contributed by atoms with van der Waals surface area (Å²) in [6.07, 6.45) is 2.25. The summed E-state index contributed by atoms with van der Waals surface area (Å²) in [5.74, 6) is 1.49. The van der Waals surface area contributed by atoms with Crippen molar-refractivity contribution >= 4 is 23.2 Å². The molecule has 0 saturated carbocycles. The molecule has 0 unspecified atom stereocenters. The lowest BCUT2D eigenvalue weighted by atomic mass is 10.2. The number of halogens is 1. The predicted molar refractivity (Wildman–Crippen MR) is 113 cm³/mol. The number of carbonyl (C=O) groups excluding carboxylic acids is 1. The molecule has 4 aromatic rings. The first-order chi connectivity index (χ1) is 14.6. The highest BCUT2D eigenvalue weighted by atomic mass is 35.5. The van der Waals surface area contributed by atoms with Gasteiger partial charge in [0.1, 0.15) is 6.33 Å². The van der Waals surface area contributed by atoms with Crippen LogP contribution in [0, 0.1) is 0 Å². The highest BCUT2D eigenvalue weighted by molar-refractivity contribution is 6.30. The lowest BCUT2D eigenvalue weighted by Gasteiger charge is -2.07. The molecule has 0 aliphatic heterocycles. The number of anilines is 1. The van der Waals surface area contributed by atoms with E-state index >= 15 is 0 Å². The molecule has 0 fully saturated rings. The van der Waals surface area contributed by atoms with Crippen LogP contribution in [0.4, 0.5) is 5.69 Å². The van der Waals surface area contributed by atoms with Crippen molar-refractivity contribution in [2.24, 2.45) is 0 Å². The average Bonchev–Trinajstić information content (AvgIpc) is 3.42. The third-order valence-corrected chi connectivity index (χ3v) is 4.75. The zero-order valence-electron chi connectivity index (χ0n) is 16.2. The number of hydrogen-bond donors (Lipinski definition) is 1. The third-order valence-electron chi connectivity index (χ3n) is 4.50. The largest absolute Gasteiger partial charge is 0.339 e. The summed E-state index contributed by atoms with van der Waals surface area (Å²) in [6.45, 7) is 2.79. The predicted octanol–water partition coefficient (Wildman–Crippen LogP) is 4.24. The maximum Gasteiger partial charge on any atom is 0.227 e. The fourth-order valence-electron chi connectivity index (χ4n) is 2.96. The van der Waals surface area contributed by atoms with Gasteiger partial charge in [0, 0.05) is 41.2 Å². The quantitative estimate of drug-likeness (QED) is 0.478. The Bertz CT molecular complexity index is 1150. The minimum Gasteiger partial charge on any atom is -0.339 e. The second-order valence-electron chi connectivity index (χ2n) is 6.59. The Morgan fingerprint density at radius 1 is 1.17 bits per heavy atom. The second-order valence-corrected chi connectivity index (χ2v) is 7.02. The molecule has 30 heavy (non-hydrogen) atoms. The molecule has 2 aromatic carbocycles. The summed E-state index contributed by atoms with van der Waals surface area (Å²) >= 11 is 5.89. The van der Waals surface area contributed by atoms with Crippen LogP contribution in [-0.2, 0) is 17.8 Å². The summed E-state index contributed by atoms with van der Waals surface area (Å²) < 4.78 is 7.19. The number of nitrogens with zero attached hydrogens (tertiary/aromatic N) is 5. The second kappa shape index (κ2) is 8.87. The van der Waals surface area contributed by atoms with Crippen LogP contribution in [0.25, 0.3) is 22.8 Å². The van der Waals surface area contributed by atoms with E-state index in [-0.39, 0.29) is 12.3 Å². The van der Waals surface area contributed by atoms with Crippen molar-refractivity contribution in [2.75, 3.05) is 5.32 Å². The maximum absolute atomic E-state index is 12.4. The number of carbonyl (C=O) groups is 1. The van der Waals surface area contributed by atoms with Gasteiger partial charge in [0.25, 0.3) is 0 Å². The SMILES string of the molecule is CCn1cnnc1-c1cccc(NC(=O)CCc2nc(-c3ccc(Cl)cc3)no2)c1. The summed E-state index contributed by atoms with van der Waals surface area (Å²) in [6, 6.07) is 14.7. The molecule has 0 bridgehead atoms. The molecule has 0 saturated heterocycles. The van der Waals surface area contributed by atoms with Crippen LogP contribution in [0.2, 0.25) is 5.02 Å². The molecule has 8 nitrogen and oxygen atoms in total. The number of aromatic nitrogens is 5. The van der Waals surface area contributed by atoms with Crippen molar-refractivity contribution < 1.29 is 9.32 Å². The highest BCUT2D eigenvalue weighted by Gasteiger charge is 2.12. The maximum atomic E-state index is 12.4. The van der Waals surface area contributed by atoms with E-state index in [9.17, 15) is 4.79 Å². The van der Waals surface area contributed by atoms with Gasteiger partial charge in [-0.15, -0.1) is 10.2 Å². The number of rotatable bonds is 7. The van der Waals surface area contributed by atoms with Crippen molar-refractivity contribution in [1.29, 1.82) is 0 Å². The van der Waals surface area contributed by atoms with Crippen molar-refractivity contribution in [3.8, 4) is 22.8 Å². The van der Waals surface area contributed by atoms with Crippen LogP contribution in [0.15, 0.2) is 59.4 Å². The van der Waals surface area contributed by atoms with Gasteiger partial charge in [-0.3, -0.25) is 4.79 Å². The Balaban J connectivity index is 1.36. The number of benzene rings is 2. The molecule has 0 radical (unpaired) electrons. The van der Waals surface area contributed by atoms with Gasteiger partial charge in [-0.25, -0.2) is 0 Å². The molecule has 1 N–H and O–H groups in total. The number of amides is 1. The first kappa shape index (κ1) is 19.8. The summed E-state index contributed by atoms with van der Waals surface area (Å²) in [4.78, 5) is 16.7.